The van der Waals surface area contributed by atoms with Crippen molar-refractivity contribution in [3.63, 3.8) is 0 Å². The predicted octanol–water partition coefficient (Wildman–Crippen LogP) is 3.22. The molecule has 0 saturated carbocycles. The van der Waals surface area contributed by atoms with E-state index in [1.54, 1.807) is 13.8 Å². The van der Waals surface area contributed by atoms with Gasteiger partial charge in [0.2, 0.25) is 11.8 Å². The van der Waals surface area contributed by atoms with Crippen LogP contribution >= 0.6 is 0 Å². The van der Waals surface area contributed by atoms with Crippen LogP contribution < -0.4 is 22.1 Å². The molecule has 2 heterocycles. The molecule has 0 aliphatic heterocycles. The van der Waals surface area contributed by atoms with Gasteiger partial charge in [0.25, 0.3) is 10.1 Å². The summed E-state index contributed by atoms with van der Waals surface area (Å²) in [7, 11) is -4.56. The highest BCUT2D eigenvalue weighted by atomic mass is 32.2. The molecule has 14 nitrogen and oxygen atoms in total. The van der Waals surface area contributed by atoms with Gasteiger partial charge in [0, 0.05) is 31.2 Å². The van der Waals surface area contributed by atoms with Crippen LogP contribution in [-0.2, 0) is 42.1 Å². The molecule has 3 rings (SSSR count). The Hall–Kier alpha value is -3.66. The fourth-order valence-corrected chi connectivity index (χ4v) is 6.38. The van der Waals surface area contributed by atoms with Gasteiger partial charge in [0.15, 0.2) is 5.82 Å². The monoisotopic (exact) mass is 703 g/mol. The molecule has 0 radical (unpaired) electrons. The lowest BCUT2D eigenvalue weighted by atomic mass is 9.87. The van der Waals surface area contributed by atoms with Gasteiger partial charge in [-0.05, 0) is 48.1 Å². The minimum absolute atomic E-state index is 0.0372. The lowest BCUT2D eigenvalue weighted by Gasteiger charge is -2.29. The summed E-state index contributed by atoms with van der Waals surface area (Å²) in [5.41, 5.74) is 14.0. The SMILES string of the molecule is CCCc1nc2c(N)nc3cc(CCCCCNC(=O)[C@H](CS(=O)(=O)O)NC(=O)CC(C)(C)COCC(C)(C)CC(=O)CN)ccc3c2[nH]1. The molecule has 0 unspecified atom stereocenters. The Labute approximate surface area is 288 Å². The molecule has 0 aliphatic carbocycles. The number of ether oxygens (including phenoxy) is 1. The molecule has 1 atom stereocenters. The number of imidazole rings is 1. The number of nitrogens with two attached hydrogens (primary N) is 2. The molecule has 0 spiro atoms. The largest absolute Gasteiger partial charge is 0.382 e. The zero-order chi connectivity index (χ0) is 36.4. The number of carbonyl (C=O) groups is 3. The molecule has 2 aromatic heterocycles. The Morgan fingerprint density at radius 2 is 1.71 bits per heavy atom. The first kappa shape index (κ1) is 39.8. The summed E-state index contributed by atoms with van der Waals surface area (Å²) in [6, 6.07) is 4.65. The molecule has 8 N–H and O–H groups in total. The van der Waals surface area contributed by atoms with Crippen molar-refractivity contribution in [1.29, 1.82) is 0 Å². The van der Waals surface area contributed by atoms with E-state index in [0.717, 1.165) is 59.9 Å². The number of aryl methyl sites for hydroxylation is 2. The minimum Gasteiger partial charge on any atom is -0.382 e. The van der Waals surface area contributed by atoms with Gasteiger partial charge < -0.3 is 31.8 Å². The van der Waals surface area contributed by atoms with E-state index in [2.05, 4.69) is 38.6 Å². The van der Waals surface area contributed by atoms with Crippen molar-refractivity contribution in [3.05, 3.63) is 29.6 Å². The number of nitrogens with zero attached hydrogens (tertiary/aromatic N) is 2. The van der Waals surface area contributed by atoms with Crippen LogP contribution in [0, 0.1) is 10.8 Å². The number of aromatic nitrogens is 3. The molecule has 49 heavy (non-hydrogen) atoms. The molecule has 0 bridgehead atoms. The van der Waals surface area contributed by atoms with Crippen LogP contribution in [0.1, 0.15) is 84.5 Å². The van der Waals surface area contributed by atoms with Gasteiger partial charge in [-0.1, -0.05) is 53.2 Å². The molecule has 0 saturated heterocycles. The first-order valence-corrected chi connectivity index (χ1v) is 18.4. The minimum atomic E-state index is -4.56. The van der Waals surface area contributed by atoms with E-state index < -0.39 is 44.6 Å². The van der Waals surface area contributed by atoms with Crippen LogP contribution in [0.15, 0.2) is 18.2 Å². The van der Waals surface area contributed by atoms with Crippen molar-refractivity contribution in [3.8, 4) is 0 Å². The molecule has 3 aromatic rings. The van der Waals surface area contributed by atoms with E-state index >= 15 is 0 Å². The highest BCUT2D eigenvalue weighted by Crippen LogP contribution is 2.28. The van der Waals surface area contributed by atoms with Crippen molar-refractivity contribution in [2.45, 2.75) is 92.0 Å². The second-order valence-corrected chi connectivity index (χ2v) is 15.9. The number of carbonyl (C=O) groups excluding carboxylic acids is 3. The number of Topliss-reactive ketones (excluding diaryl/α,β-unsaturated/α-hetero) is 1. The number of amides is 2. The van der Waals surface area contributed by atoms with Crippen molar-refractivity contribution >= 4 is 55.5 Å². The van der Waals surface area contributed by atoms with E-state index in [-0.39, 0.29) is 44.9 Å². The molecule has 0 aliphatic rings. The van der Waals surface area contributed by atoms with E-state index in [9.17, 15) is 27.4 Å². The van der Waals surface area contributed by atoms with Crippen LogP contribution in [0.2, 0.25) is 0 Å². The summed E-state index contributed by atoms with van der Waals surface area (Å²) < 4.78 is 38.5. The summed E-state index contributed by atoms with van der Waals surface area (Å²) in [5.74, 6) is -0.993. The lowest BCUT2D eigenvalue weighted by Crippen LogP contribution is -2.51. The number of anilines is 1. The Morgan fingerprint density at radius 3 is 2.37 bits per heavy atom. The van der Waals surface area contributed by atoms with Crippen molar-refractivity contribution in [2.75, 3.05) is 37.8 Å². The molecule has 272 valence electrons. The number of pyridine rings is 1. The van der Waals surface area contributed by atoms with Crippen LogP contribution in [0.4, 0.5) is 5.82 Å². The van der Waals surface area contributed by atoms with E-state index in [1.807, 2.05) is 26.0 Å². The number of hydrogen-bond acceptors (Lipinski definition) is 10. The zero-order valence-corrected chi connectivity index (χ0v) is 30.2. The third-order valence-electron chi connectivity index (χ3n) is 8.05. The van der Waals surface area contributed by atoms with Gasteiger partial charge in [-0.15, -0.1) is 0 Å². The maximum Gasteiger partial charge on any atom is 0.267 e. The maximum atomic E-state index is 12.9. The second kappa shape index (κ2) is 17.3. The number of unbranched alkanes of at least 4 members (excludes halogenated alkanes) is 2. The van der Waals surface area contributed by atoms with E-state index in [0.29, 0.717) is 17.8 Å². The van der Waals surface area contributed by atoms with Crippen molar-refractivity contribution < 1.29 is 32.1 Å². The smallest absolute Gasteiger partial charge is 0.267 e. The topological polar surface area (TPSA) is 232 Å². The first-order valence-electron chi connectivity index (χ1n) is 16.8. The molecule has 2 amide bonds. The predicted molar refractivity (Wildman–Crippen MR) is 190 cm³/mol. The van der Waals surface area contributed by atoms with Gasteiger partial charge in [-0.25, -0.2) is 9.97 Å². The van der Waals surface area contributed by atoms with Gasteiger partial charge in [-0.3, -0.25) is 18.9 Å². The van der Waals surface area contributed by atoms with Gasteiger partial charge in [0.1, 0.15) is 28.9 Å². The van der Waals surface area contributed by atoms with Gasteiger partial charge >= 0.3 is 0 Å². The van der Waals surface area contributed by atoms with Crippen LogP contribution in [0.5, 0.6) is 0 Å². The third-order valence-corrected chi connectivity index (χ3v) is 8.81. The van der Waals surface area contributed by atoms with Crippen LogP contribution in [-0.4, -0.2) is 83.6 Å². The standard InChI is InChI=1S/C34H53N7O7S/c1-6-10-27-40-29-24-13-12-22(15-25(24)39-31(36)30(29)41-27)11-8-7-9-14-37-32(44)26(19-49(45,46)47)38-28(43)17-34(4,5)21-48-20-33(2,3)16-23(42)18-35/h12-13,15,26H,6-11,14,16-21,35H2,1-5H3,(H2,36,39)(H,37,44)(H,38,43)(H,40,41)(H,45,46,47)/t26-/m0/s1. The van der Waals surface area contributed by atoms with E-state index in [4.69, 9.17) is 16.2 Å². The number of ketones is 1. The Bertz CT molecular complexity index is 1720. The second-order valence-electron chi connectivity index (χ2n) is 14.4. The number of nitrogens with one attached hydrogen (secondary N) is 3. The van der Waals surface area contributed by atoms with Gasteiger partial charge in [0.05, 0.1) is 30.8 Å². The lowest BCUT2D eigenvalue weighted by molar-refractivity contribution is -0.130. The summed E-state index contributed by atoms with van der Waals surface area (Å²) >= 11 is 0. The number of fused-ring (bicyclic) bond motifs is 3. The average Bonchev–Trinajstić information content (AvgIpc) is 3.41. The number of benzene rings is 1. The maximum absolute atomic E-state index is 12.9. The number of aromatic amines is 1. The summed E-state index contributed by atoms with van der Waals surface area (Å²) in [6.07, 6.45) is 5.05. The Balaban J connectivity index is 1.46. The molecule has 0 fully saturated rings. The van der Waals surface area contributed by atoms with Crippen molar-refractivity contribution in [2.24, 2.45) is 16.6 Å². The number of rotatable bonds is 21. The molecule has 15 heteroatoms. The van der Waals surface area contributed by atoms with Gasteiger partial charge in [-0.2, -0.15) is 8.42 Å². The van der Waals surface area contributed by atoms with Crippen LogP contribution in [0.25, 0.3) is 21.9 Å². The number of H-pyrrole nitrogens is 1. The third kappa shape index (κ3) is 13.0. The molecular weight excluding hydrogens is 650 g/mol. The Morgan fingerprint density at radius 1 is 1.02 bits per heavy atom. The fourth-order valence-electron chi connectivity index (χ4n) is 5.73. The quantitative estimate of drug-likeness (QED) is 0.0696. The molecule has 1 aromatic carbocycles. The summed E-state index contributed by atoms with van der Waals surface area (Å²) in [5, 5.41) is 6.10. The average molecular weight is 704 g/mol. The summed E-state index contributed by atoms with van der Waals surface area (Å²) in [4.78, 5) is 50.0. The fraction of sp³-hybridized carbons (Fsp3) is 0.618. The van der Waals surface area contributed by atoms with Crippen LogP contribution in [0.3, 0.4) is 0 Å². The zero-order valence-electron chi connectivity index (χ0n) is 29.4. The summed E-state index contributed by atoms with van der Waals surface area (Å²) in [6.45, 7) is 10.2. The number of hydrogen-bond donors (Lipinski definition) is 6. The highest BCUT2D eigenvalue weighted by molar-refractivity contribution is 7.85. The Kier molecular flexibility index (Phi) is 14.1. The first-order chi connectivity index (χ1) is 22.9. The highest BCUT2D eigenvalue weighted by Gasteiger charge is 2.30. The normalized spacial score (nSPS) is 13.1. The van der Waals surface area contributed by atoms with E-state index in [1.165, 1.54) is 0 Å². The van der Waals surface area contributed by atoms with Crippen molar-refractivity contribution in [1.82, 2.24) is 25.6 Å². The number of nitrogen functional groups attached to an aromatic ring is 1. The molecular formula is C34H53N7O7S.